The van der Waals surface area contributed by atoms with Crippen molar-refractivity contribution in [3.05, 3.63) is 28.3 Å². The Bertz CT molecular complexity index is 470. The van der Waals surface area contributed by atoms with Gasteiger partial charge in [0, 0.05) is 5.56 Å². The number of rotatable bonds is 3. The average Bonchev–Trinajstić information content (AvgIpc) is 2.27. The van der Waals surface area contributed by atoms with Gasteiger partial charge in [0.1, 0.15) is 5.75 Å². The minimum Gasteiger partial charge on any atom is -0.507 e. The van der Waals surface area contributed by atoms with E-state index in [1.54, 1.807) is 0 Å². The zero-order valence-corrected chi connectivity index (χ0v) is 14.6. The van der Waals surface area contributed by atoms with Gasteiger partial charge in [-0.1, -0.05) is 67.9 Å². The van der Waals surface area contributed by atoms with E-state index in [2.05, 4.69) is 61.5 Å². The van der Waals surface area contributed by atoms with Gasteiger partial charge < -0.3 is 5.11 Å². The molecule has 1 N–H and O–H groups in total. The smallest absolute Gasteiger partial charge is 0.123 e. The zero-order valence-electron chi connectivity index (χ0n) is 14.6. The molecule has 0 amide bonds. The van der Waals surface area contributed by atoms with Crippen molar-refractivity contribution in [1.29, 1.82) is 0 Å². The van der Waals surface area contributed by atoms with E-state index in [0.29, 0.717) is 5.75 Å². The Hall–Kier alpha value is -0.980. The normalized spacial score (nSPS) is 12.8. The highest BCUT2D eigenvalue weighted by molar-refractivity contribution is 5.55. The first kappa shape index (κ1) is 17.1. The Kier molecular flexibility index (Phi) is 4.94. The van der Waals surface area contributed by atoms with E-state index in [1.807, 2.05) is 0 Å². The van der Waals surface area contributed by atoms with Crippen LogP contribution < -0.4 is 0 Å². The Labute approximate surface area is 125 Å². The van der Waals surface area contributed by atoms with Crippen LogP contribution in [0.3, 0.4) is 0 Å². The van der Waals surface area contributed by atoms with Crippen molar-refractivity contribution in [3.63, 3.8) is 0 Å². The maximum absolute atomic E-state index is 10.9. The van der Waals surface area contributed by atoms with E-state index in [-0.39, 0.29) is 10.8 Å². The number of benzene rings is 1. The predicted octanol–water partition coefficient (Wildman–Crippen LogP) is 5.50. The van der Waals surface area contributed by atoms with Gasteiger partial charge in [0.15, 0.2) is 0 Å². The average molecular weight is 276 g/mol. The first-order valence-corrected chi connectivity index (χ1v) is 7.92. The van der Waals surface area contributed by atoms with E-state index in [1.165, 1.54) is 11.1 Å². The number of aryl methyl sites for hydroxylation is 1. The first-order chi connectivity index (χ1) is 9.04. The highest BCUT2D eigenvalue weighted by atomic mass is 16.3. The molecule has 0 spiro atoms. The molecule has 0 fully saturated rings. The maximum atomic E-state index is 10.9. The molecule has 1 aromatic rings. The Morgan fingerprint density at radius 3 is 1.85 bits per heavy atom. The van der Waals surface area contributed by atoms with Crippen LogP contribution in [0.1, 0.15) is 84.1 Å². The second kappa shape index (κ2) is 5.79. The summed E-state index contributed by atoms with van der Waals surface area (Å²) in [5.41, 5.74) is 4.95. The fourth-order valence-corrected chi connectivity index (χ4v) is 3.04. The second-order valence-corrected chi connectivity index (χ2v) is 7.89. The van der Waals surface area contributed by atoms with E-state index in [9.17, 15) is 5.11 Å². The van der Waals surface area contributed by atoms with Crippen LogP contribution in [0.15, 0.2) is 6.07 Å². The molecule has 0 unspecified atom stereocenters. The second-order valence-electron chi connectivity index (χ2n) is 7.89. The molecule has 0 atom stereocenters. The number of phenolic OH excluding ortho intramolecular Hbond substituents is 1. The third kappa shape index (κ3) is 3.37. The molecule has 1 aromatic carbocycles. The van der Waals surface area contributed by atoms with Crippen molar-refractivity contribution in [2.45, 2.75) is 85.5 Å². The van der Waals surface area contributed by atoms with Gasteiger partial charge >= 0.3 is 0 Å². The van der Waals surface area contributed by atoms with Crippen LogP contribution in [0, 0.1) is 0 Å². The SMILES string of the molecule is CCCc1cc(C(C)(C)C)c(O)c(C(C)(C)C)c1CC. The van der Waals surface area contributed by atoms with Crippen LogP contribution in [0.4, 0.5) is 0 Å². The van der Waals surface area contributed by atoms with E-state index >= 15 is 0 Å². The molecular weight excluding hydrogens is 244 g/mol. The van der Waals surface area contributed by atoms with E-state index in [0.717, 1.165) is 30.4 Å². The fourth-order valence-electron chi connectivity index (χ4n) is 3.04. The molecule has 0 aliphatic rings. The lowest BCUT2D eigenvalue weighted by Gasteiger charge is -2.31. The largest absolute Gasteiger partial charge is 0.507 e. The van der Waals surface area contributed by atoms with Gasteiger partial charge in [0.05, 0.1) is 0 Å². The summed E-state index contributed by atoms with van der Waals surface area (Å²) in [7, 11) is 0. The molecule has 0 heterocycles. The van der Waals surface area contributed by atoms with E-state index in [4.69, 9.17) is 0 Å². The van der Waals surface area contributed by atoms with Gasteiger partial charge in [-0.05, 0) is 40.4 Å². The van der Waals surface area contributed by atoms with Crippen molar-refractivity contribution < 1.29 is 5.11 Å². The quantitative estimate of drug-likeness (QED) is 0.772. The molecule has 0 bridgehead atoms. The highest BCUT2D eigenvalue weighted by Gasteiger charge is 2.29. The lowest BCUT2D eigenvalue weighted by Crippen LogP contribution is -2.20. The molecule has 0 aliphatic heterocycles. The Balaban J connectivity index is 3.74. The standard InChI is InChI=1S/C19H32O/c1-9-11-13-12-15(18(3,4)5)17(20)16(14(13)10-2)19(6,7)8/h12,20H,9-11H2,1-8H3. The topological polar surface area (TPSA) is 20.2 Å². The summed E-state index contributed by atoms with van der Waals surface area (Å²) in [4.78, 5) is 0. The van der Waals surface area contributed by atoms with Gasteiger partial charge in [-0.3, -0.25) is 0 Å². The van der Waals surface area contributed by atoms with Gasteiger partial charge in [-0.15, -0.1) is 0 Å². The molecule has 0 saturated heterocycles. The fraction of sp³-hybridized carbons (Fsp3) is 0.684. The summed E-state index contributed by atoms with van der Waals surface area (Å²) in [6.45, 7) is 17.5. The molecule has 1 heteroatoms. The van der Waals surface area contributed by atoms with Crippen LogP contribution in [0.5, 0.6) is 5.75 Å². The highest BCUT2D eigenvalue weighted by Crippen LogP contribution is 2.42. The molecule has 0 radical (unpaired) electrons. The third-order valence-electron chi connectivity index (χ3n) is 3.93. The van der Waals surface area contributed by atoms with Crippen LogP contribution >= 0.6 is 0 Å². The van der Waals surface area contributed by atoms with Crippen LogP contribution in [0.2, 0.25) is 0 Å². The van der Waals surface area contributed by atoms with Crippen molar-refractivity contribution in [1.82, 2.24) is 0 Å². The number of phenols is 1. The van der Waals surface area contributed by atoms with Crippen LogP contribution in [-0.4, -0.2) is 5.11 Å². The molecule has 114 valence electrons. The van der Waals surface area contributed by atoms with E-state index < -0.39 is 0 Å². The maximum Gasteiger partial charge on any atom is 0.123 e. The molecule has 1 rings (SSSR count). The predicted molar refractivity (Wildman–Crippen MR) is 88.9 cm³/mol. The Morgan fingerprint density at radius 1 is 0.950 bits per heavy atom. The Morgan fingerprint density at radius 2 is 1.50 bits per heavy atom. The lowest BCUT2D eigenvalue weighted by molar-refractivity contribution is 0.420. The molecular formula is C19H32O. The van der Waals surface area contributed by atoms with Crippen molar-refractivity contribution >= 4 is 0 Å². The van der Waals surface area contributed by atoms with Gasteiger partial charge in [-0.2, -0.15) is 0 Å². The third-order valence-corrected chi connectivity index (χ3v) is 3.93. The summed E-state index contributed by atoms with van der Waals surface area (Å²) in [6, 6.07) is 2.24. The van der Waals surface area contributed by atoms with Crippen LogP contribution in [0.25, 0.3) is 0 Å². The number of hydrogen-bond donors (Lipinski definition) is 1. The molecule has 0 aliphatic carbocycles. The number of hydrogen-bond acceptors (Lipinski definition) is 1. The molecule has 0 aromatic heterocycles. The summed E-state index contributed by atoms with van der Waals surface area (Å²) in [6.07, 6.45) is 3.22. The minimum atomic E-state index is -0.0289. The summed E-state index contributed by atoms with van der Waals surface area (Å²) < 4.78 is 0. The summed E-state index contributed by atoms with van der Waals surface area (Å²) in [5, 5.41) is 10.9. The van der Waals surface area contributed by atoms with Gasteiger partial charge in [0.25, 0.3) is 0 Å². The zero-order chi connectivity index (χ0) is 15.7. The van der Waals surface area contributed by atoms with Crippen molar-refractivity contribution in [2.24, 2.45) is 0 Å². The molecule has 20 heavy (non-hydrogen) atoms. The molecule has 1 nitrogen and oxygen atoms in total. The molecule has 0 saturated carbocycles. The summed E-state index contributed by atoms with van der Waals surface area (Å²) in [5.74, 6) is 0.515. The van der Waals surface area contributed by atoms with Crippen molar-refractivity contribution in [3.8, 4) is 5.75 Å². The first-order valence-electron chi connectivity index (χ1n) is 7.92. The summed E-state index contributed by atoms with van der Waals surface area (Å²) >= 11 is 0. The monoisotopic (exact) mass is 276 g/mol. The van der Waals surface area contributed by atoms with Gasteiger partial charge in [-0.25, -0.2) is 0 Å². The van der Waals surface area contributed by atoms with Crippen LogP contribution in [-0.2, 0) is 23.7 Å². The minimum absolute atomic E-state index is 0.0286. The lowest BCUT2D eigenvalue weighted by atomic mass is 9.74. The number of aromatic hydroxyl groups is 1. The van der Waals surface area contributed by atoms with Gasteiger partial charge in [0.2, 0.25) is 0 Å². The van der Waals surface area contributed by atoms with Crippen molar-refractivity contribution in [2.75, 3.05) is 0 Å².